The minimum Gasteiger partial charge on any atom is -0.343 e. The molecular formula is C17H24IN5O. The number of nitrogens with one attached hydrogen (secondary N) is 1. The van der Waals surface area contributed by atoms with Crippen molar-refractivity contribution in [3.63, 3.8) is 0 Å². The van der Waals surface area contributed by atoms with Crippen LogP contribution in [0.15, 0.2) is 39.8 Å². The first-order valence-corrected chi connectivity index (χ1v) is 8.22. The summed E-state index contributed by atoms with van der Waals surface area (Å²) < 4.78 is 5.15. The summed E-state index contributed by atoms with van der Waals surface area (Å²) in [6.45, 7) is 4.57. The fourth-order valence-corrected chi connectivity index (χ4v) is 2.67. The first kappa shape index (κ1) is 18.7. The SMILES string of the molecule is Cc1noc(CCN=C(Nc2ccccc2)N2CCCCC2)n1.I. The number of likely N-dealkylation sites (tertiary alicyclic amines) is 1. The van der Waals surface area contributed by atoms with Crippen molar-refractivity contribution < 1.29 is 4.52 Å². The van der Waals surface area contributed by atoms with Crippen LogP contribution in [0.3, 0.4) is 0 Å². The van der Waals surface area contributed by atoms with Gasteiger partial charge in [-0.05, 0) is 38.3 Å². The van der Waals surface area contributed by atoms with Crippen LogP contribution in [0.2, 0.25) is 0 Å². The Morgan fingerprint density at radius 1 is 1.21 bits per heavy atom. The minimum atomic E-state index is 0. The summed E-state index contributed by atoms with van der Waals surface area (Å²) in [6.07, 6.45) is 4.40. The first-order chi connectivity index (χ1) is 11.3. The summed E-state index contributed by atoms with van der Waals surface area (Å²) in [5.41, 5.74) is 1.06. The van der Waals surface area contributed by atoms with Crippen LogP contribution in [0.25, 0.3) is 0 Å². The van der Waals surface area contributed by atoms with Crippen molar-refractivity contribution in [1.29, 1.82) is 0 Å². The van der Waals surface area contributed by atoms with Crippen LogP contribution in [0.4, 0.5) is 5.69 Å². The molecule has 1 saturated heterocycles. The van der Waals surface area contributed by atoms with Crippen LogP contribution in [0.5, 0.6) is 0 Å². The molecule has 0 amide bonds. The van der Waals surface area contributed by atoms with Gasteiger partial charge in [-0.15, -0.1) is 24.0 Å². The Hall–Kier alpha value is -1.64. The van der Waals surface area contributed by atoms with E-state index in [2.05, 4.69) is 32.5 Å². The highest BCUT2D eigenvalue weighted by molar-refractivity contribution is 14.0. The van der Waals surface area contributed by atoms with Gasteiger partial charge in [-0.3, -0.25) is 4.99 Å². The lowest BCUT2D eigenvalue weighted by atomic mass is 10.1. The predicted octanol–water partition coefficient (Wildman–Crippen LogP) is 3.49. The number of nitrogens with zero attached hydrogens (tertiary/aromatic N) is 4. The van der Waals surface area contributed by atoms with Gasteiger partial charge in [-0.1, -0.05) is 23.4 Å². The molecule has 1 N–H and O–H groups in total. The summed E-state index contributed by atoms with van der Waals surface area (Å²) in [5.74, 6) is 2.25. The standard InChI is InChI=1S/C17H23N5O.HI/c1-14-19-16(23-21-14)10-11-18-17(22-12-6-3-7-13-22)20-15-8-4-2-5-9-15;/h2,4-5,8-9H,3,6-7,10-13H2,1H3,(H,18,20);1H. The molecule has 2 aromatic rings. The van der Waals surface area contributed by atoms with E-state index < -0.39 is 0 Å². The molecule has 1 fully saturated rings. The van der Waals surface area contributed by atoms with Crippen molar-refractivity contribution in [3.8, 4) is 0 Å². The molecule has 130 valence electrons. The Bertz CT molecular complexity index is 637. The summed E-state index contributed by atoms with van der Waals surface area (Å²) in [4.78, 5) is 11.3. The summed E-state index contributed by atoms with van der Waals surface area (Å²) >= 11 is 0. The van der Waals surface area contributed by atoms with Crippen molar-refractivity contribution in [1.82, 2.24) is 15.0 Å². The zero-order valence-electron chi connectivity index (χ0n) is 13.9. The van der Waals surface area contributed by atoms with Gasteiger partial charge in [0.15, 0.2) is 11.8 Å². The van der Waals surface area contributed by atoms with Crippen LogP contribution >= 0.6 is 24.0 Å². The van der Waals surface area contributed by atoms with Crippen LogP contribution in [0, 0.1) is 6.92 Å². The number of rotatable bonds is 4. The average molecular weight is 441 g/mol. The largest absolute Gasteiger partial charge is 0.343 e. The second-order valence-corrected chi connectivity index (χ2v) is 5.73. The van der Waals surface area contributed by atoms with Crippen LogP contribution in [0.1, 0.15) is 31.0 Å². The van der Waals surface area contributed by atoms with E-state index >= 15 is 0 Å². The lowest BCUT2D eigenvalue weighted by Gasteiger charge is -2.30. The van der Waals surface area contributed by atoms with Gasteiger partial charge >= 0.3 is 0 Å². The van der Waals surface area contributed by atoms with E-state index in [0.29, 0.717) is 24.7 Å². The zero-order chi connectivity index (χ0) is 15.9. The molecule has 0 bridgehead atoms. The van der Waals surface area contributed by atoms with Gasteiger partial charge in [-0.2, -0.15) is 4.98 Å². The van der Waals surface area contributed by atoms with Crippen molar-refractivity contribution in [2.45, 2.75) is 32.6 Å². The molecule has 6 nitrogen and oxygen atoms in total. The van der Waals surface area contributed by atoms with Crippen molar-refractivity contribution in [2.75, 3.05) is 25.0 Å². The van der Waals surface area contributed by atoms with Gasteiger partial charge in [0, 0.05) is 25.2 Å². The van der Waals surface area contributed by atoms with Crippen LogP contribution in [-0.2, 0) is 6.42 Å². The van der Waals surface area contributed by atoms with E-state index in [9.17, 15) is 0 Å². The summed E-state index contributed by atoms with van der Waals surface area (Å²) in [6, 6.07) is 10.2. The molecule has 0 saturated carbocycles. The molecule has 0 unspecified atom stereocenters. The predicted molar refractivity (Wildman–Crippen MR) is 106 cm³/mol. The Morgan fingerprint density at radius 2 is 1.96 bits per heavy atom. The second kappa shape index (κ2) is 9.61. The number of aromatic nitrogens is 2. The highest BCUT2D eigenvalue weighted by atomic mass is 127. The molecule has 1 aromatic heterocycles. The quantitative estimate of drug-likeness (QED) is 0.447. The summed E-state index contributed by atoms with van der Waals surface area (Å²) in [7, 11) is 0. The van der Waals surface area contributed by atoms with Gasteiger partial charge in [0.25, 0.3) is 0 Å². The third-order valence-electron chi connectivity index (χ3n) is 3.84. The maximum absolute atomic E-state index is 5.15. The molecule has 7 heteroatoms. The van der Waals surface area contributed by atoms with Crippen molar-refractivity contribution in [3.05, 3.63) is 42.0 Å². The molecule has 3 rings (SSSR count). The van der Waals surface area contributed by atoms with E-state index in [-0.39, 0.29) is 24.0 Å². The molecule has 1 aliphatic rings. The number of para-hydroxylation sites is 1. The van der Waals surface area contributed by atoms with Gasteiger partial charge in [0.1, 0.15) is 0 Å². The topological polar surface area (TPSA) is 66.6 Å². The van der Waals surface area contributed by atoms with Crippen molar-refractivity contribution >= 4 is 35.6 Å². The lowest BCUT2D eigenvalue weighted by Crippen LogP contribution is -2.40. The van der Waals surface area contributed by atoms with E-state index in [1.54, 1.807) is 0 Å². The highest BCUT2D eigenvalue weighted by Gasteiger charge is 2.15. The maximum atomic E-state index is 5.15. The monoisotopic (exact) mass is 441 g/mol. The molecule has 0 aliphatic carbocycles. The number of piperidine rings is 1. The molecule has 1 aliphatic heterocycles. The van der Waals surface area contributed by atoms with E-state index in [0.717, 1.165) is 24.7 Å². The molecule has 0 radical (unpaired) electrons. The van der Waals surface area contributed by atoms with E-state index in [1.165, 1.54) is 19.3 Å². The van der Waals surface area contributed by atoms with Gasteiger partial charge in [0.2, 0.25) is 5.89 Å². The highest BCUT2D eigenvalue weighted by Crippen LogP contribution is 2.12. The van der Waals surface area contributed by atoms with Gasteiger partial charge in [0.05, 0.1) is 6.54 Å². The van der Waals surface area contributed by atoms with Crippen molar-refractivity contribution in [2.24, 2.45) is 4.99 Å². The number of anilines is 1. The smallest absolute Gasteiger partial charge is 0.228 e. The minimum absolute atomic E-state index is 0. The molecule has 1 aromatic carbocycles. The molecular weight excluding hydrogens is 417 g/mol. The zero-order valence-corrected chi connectivity index (χ0v) is 16.3. The Balaban J connectivity index is 0.00000208. The molecule has 2 heterocycles. The van der Waals surface area contributed by atoms with Gasteiger partial charge < -0.3 is 14.7 Å². The van der Waals surface area contributed by atoms with Gasteiger partial charge in [-0.25, -0.2) is 0 Å². The van der Waals surface area contributed by atoms with E-state index in [4.69, 9.17) is 9.52 Å². The number of hydrogen-bond donors (Lipinski definition) is 1. The average Bonchev–Trinajstić information content (AvgIpc) is 3.01. The number of halogens is 1. The van der Waals surface area contributed by atoms with Crippen LogP contribution in [-0.4, -0.2) is 40.6 Å². The Morgan fingerprint density at radius 3 is 2.62 bits per heavy atom. The maximum Gasteiger partial charge on any atom is 0.228 e. The Labute approximate surface area is 159 Å². The number of guanidine groups is 1. The Kier molecular flexibility index (Phi) is 7.48. The van der Waals surface area contributed by atoms with E-state index in [1.807, 2.05) is 25.1 Å². The first-order valence-electron chi connectivity index (χ1n) is 8.22. The van der Waals surface area contributed by atoms with Crippen LogP contribution < -0.4 is 5.32 Å². The number of benzene rings is 1. The summed E-state index contributed by atoms with van der Waals surface area (Å²) in [5, 5.41) is 7.26. The molecule has 0 spiro atoms. The molecule has 0 atom stereocenters. The second-order valence-electron chi connectivity index (χ2n) is 5.73. The number of aliphatic imine (C=N–C) groups is 1. The third-order valence-corrected chi connectivity index (χ3v) is 3.84. The lowest BCUT2D eigenvalue weighted by molar-refractivity contribution is 0.340. The fourth-order valence-electron chi connectivity index (χ4n) is 2.67. The number of aryl methyl sites for hydroxylation is 1. The number of hydrogen-bond acceptors (Lipinski definition) is 4. The third kappa shape index (κ3) is 5.47. The fraction of sp³-hybridized carbons (Fsp3) is 0.471. The molecule has 24 heavy (non-hydrogen) atoms. The normalized spacial score (nSPS) is 15.0.